The molecule has 1 rings (SSSR count). The van der Waals surface area contributed by atoms with Crippen LogP contribution in [-0.4, -0.2) is 12.3 Å². The van der Waals surface area contributed by atoms with Crippen LogP contribution in [0.25, 0.3) is 0 Å². The first-order chi connectivity index (χ1) is 6.60. The Morgan fingerprint density at radius 1 is 1.29 bits per heavy atom. The SMILES string of the molecule is COC(C)(C)c1ccc(CNO)cc1. The molecule has 0 spiro atoms. The molecule has 0 aliphatic rings. The number of methoxy groups -OCH3 is 1. The van der Waals surface area contributed by atoms with Crippen LogP contribution in [0.4, 0.5) is 0 Å². The molecule has 0 saturated carbocycles. The van der Waals surface area contributed by atoms with Crippen LogP contribution in [0.3, 0.4) is 0 Å². The predicted octanol–water partition coefficient (Wildman–Crippen LogP) is 2.05. The van der Waals surface area contributed by atoms with Gasteiger partial charge < -0.3 is 9.94 Å². The molecule has 0 amide bonds. The van der Waals surface area contributed by atoms with Crippen LogP contribution in [-0.2, 0) is 16.9 Å². The van der Waals surface area contributed by atoms with E-state index in [1.807, 2.05) is 38.1 Å². The quantitative estimate of drug-likeness (QED) is 0.722. The summed E-state index contributed by atoms with van der Waals surface area (Å²) in [6.45, 7) is 4.51. The maximum Gasteiger partial charge on any atom is 0.0871 e. The molecule has 0 heterocycles. The van der Waals surface area contributed by atoms with Gasteiger partial charge in [-0.3, -0.25) is 0 Å². The molecule has 1 aromatic carbocycles. The molecule has 14 heavy (non-hydrogen) atoms. The zero-order valence-corrected chi connectivity index (χ0v) is 8.87. The maximum atomic E-state index is 8.52. The third-order valence-corrected chi connectivity index (χ3v) is 2.44. The largest absolute Gasteiger partial charge is 0.374 e. The molecule has 3 heteroatoms. The molecule has 78 valence electrons. The summed E-state index contributed by atoms with van der Waals surface area (Å²) in [7, 11) is 1.70. The highest BCUT2D eigenvalue weighted by molar-refractivity contribution is 5.26. The van der Waals surface area contributed by atoms with Crippen LogP contribution < -0.4 is 5.48 Å². The lowest BCUT2D eigenvalue weighted by atomic mass is 9.97. The number of rotatable bonds is 4. The van der Waals surface area contributed by atoms with Crippen LogP contribution >= 0.6 is 0 Å². The van der Waals surface area contributed by atoms with Crippen LogP contribution in [0.1, 0.15) is 25.0 Å². The van der Waals surface area contributed by atoms with E-state index in [4.69, 9.17) is 9.94 Å². The van der Waals surface area contributed by atoms with Gasteiger partial charge in [-0.15, -0.1) is 0 Å². The zero-order chi connectivity index (χ0) is 10.6. The second-order valence-corrected chi connectivity index (χ2v) is 3.75. The molecule has 0 aliphatic heterocycles. The van der Waals surface area contributed by atoms with Crippen LogP contribution in [0.5, 0.6) is 0 Å². The minimum Gasteiger partial charge on any atom is -0.374 e. The lowest BCUT2D eigenvalue weighted by Crippen LogP contribution is -2.19. The predicted molar refractivity (Wildman–Crippen MR) is 55.1 cm³/mol. The average Bonchev–Trinajstić information content (AvgIpc) is 2.19. The average molecular weight is 195 g/mol. The maximum absolute atomic E-state index is 8.52. The van der Waals surface area contributed by atoms with Crippen LogP contribution in [0.2, 0.25) is 0 Å². The van der Waals surface area contributed by atoms with Crippen molar-refractivity contribution in [2.45, 2.75) is 26.0 Å². The second-order valence-electron chi connectivity index (χ2n) is 3.75. The van der Waals surface area contributed by atoms with E-state index in [1.54, 1.807) is 7.11 Å². The Labute approximate surface area is 84.7 Å². The van der Waals surface area contributed by atoms with E-state index in [2.05, 4.69) is 5.48 Å². The fourth-order valence-corrected chi connectivity index (χ4v) is 1.23. The minimum atomic E-state index is -0.259. The van der Waals surface area contributed by atoms with E-state index >= 15 is 0 Å². The fraction of sp³-hybridized carbons (Fsp3) is 0.455. The van der Waals surface area contributed by atoms with Gasteiger partial charge in [0.15, 0.2) is 0 Å². The van der Waals surface area contributed by atoms with Crippen molar-refractivity contribution in [3.63, 3.8) is 0 Å². The van der Waals surface area contributed by atoms with Gasteiger partial charge >= 0.3 is 0 Å². The Hall–Kier alpha value is -0.900. The number of hydroxylamine groups is 1. The van der Waals surface area contributed by atoms with Gasteiger partial charge in [0.25, 0.3) is 0 Å². The van der Waals surface area contributed by atoms with Gasteiger partial charge in [0, 0.05) is 13.7 Å². The molecule has 0 fully saturated rings. The number of hydrogen-bond donors (Lipinski definition) is 2. The third-order valence-electron chi connectivity index (χ3n) is 2.44. The van der Waals surface area contributed by atoms with Gasteiger partial charge in [0.1, 0.15) is 0 Å². The summed E-state index contributed by atoms with van der Waals surface area (Å²) in [5, 5.41) is 8.52. The van der Waals surface area contributed by atoms with Crippen molar-refractivity contribution in [1.82, 2.24) is 5.48 Å². The summed E-state index contributed by atoms with van der Waals surface area (Å²) >= 11 is 0. The summed E-state index contributed by atoms with van der Waals surface area (Å²) in [5.41, 5.74) is 4.04. The van der Waals surface area contributed by atoms with Gasteiger partial charge in [0.05, 0.1) is 5.60 Å². The van der Waals surface area contributed by atoms with Gasteiger partial charge in [-0.25, -0.2) is 5.48 Å². The molecule has 1 aromatic rings. The summed E-state index contributed by atoms with van der Waals surface area (Å²) in [6.07, 6.45) is 0. The molecular weight excluding hydrogens is 178 g/mol. The Bertz CT molecular complexity index is 280. The molecule has 2 N–H and O–H groups in total. The Morgan fingerprint density at radius 3 is 2.29 bits per heavy atom. The van der Waals surface area contributed by atoms with E-state index in [-0.39, 0.29) is 5.60 Å². The van der Waals surface area contributed by atoms with E-state index < -0.39 is 0 Å². The monoisotopic (exact) mass is 195 g/mol. The first kappa shape index (κ1) is 11.2. The highest BCUT2D eigenvalue weighted by Gasteiger charge is 2.18. The van der Waals surface area contributed by atoms with E-state index in [1.165, 1.54) is 0 Å². The molecule has 0 saturated heterocycles. The number of nitrogens with one attached hydrogen (secondary N) is 1. The fourth-order valence-electron chi connectivity index (χ4n) is 1.23. The lowest BCUT2D eigenvalue weighted by molar-refractivity contribution is 0.0192. The van der Waals surface area contributed by atoms with Crippen molar-refractivity contribution >= 4 is 0 Å². The summed E-state index contributed by atoms with van der Waals surface area (Å²) in [6, 6.07) is 7.96. The van der Waals surface area contributed by atoms with Crippen molar-refractivity contribution < 1.29 is 9.94 Å². The van der Waals surface area contributed by atoms with E-state index in [9.17, 15) is 0 Å². The summed E-state index contributed by atoms with van der Waals surface area (Å²) < 4.78 is 5.36. The lowest BCUT2D eigenvalue weighted by Gasteiger charge is -2.23. The van der Waals surface area contributed by atoms with Gasteiger partial charge in [-0.2, -0.15) is 0 Å². The van der Waals surface area contributed by atoms with Gasteiger partial charge in [-0.1, -0.05) is 24.3 Å². The molecular formula is C11H17NO2. The topological polar surface area (TPSA) is 41.5 Å². The Kier molecular flexibility index (Phi) is 3.63. The molecule has 0 unspecified atom stereocenters. The zero-order valence-electron chi connectivity index (χ0n) is 8.87. The standard InChI is InChI=1S/C11H17NO2/c1-11(2,14-3)10-6-4-9(5-7-10)8-12-13/h4-7,12-13H,8H2,1-3H3. The molecule has 0 bridgehead atoms. The van der Waals surface area contributed by atoms with Crippen LogP contribution in [0.15, 0.2) is 24.3 Å². The summed E-state index contributed by atoms with van der Waals surface area (Å²) in [5.74, 6) is 0. The van der Waals surface area contributed by atoms with Crippen molar-refractivity contribution in [2.24, 2.45) is 0 Å². The van der Waals surface area contributed by atoms with Crippen molar-refractivity contribution in [3.8, 4) is 0 Å². The first-order valence-electron chi connectivity index (χ1n) is 4.61. The van der Waals surface area contributed by atoms with Crippen molar-refractivity contribution in [2.75, 3.05) is 7.11 Å². The molecule has 0 atom stereocenters. The first-order valence-corrected chi connectivity index (χ1v) is 4.61. The number of hydrogen-bond acceptors (Lipinski definition) is 3. The molecule has 0 radical (unpaired) electrons. The highest BCUT2D eigenvalue weighted by Crippen LogP contribution is 2.23. The normalized spacial score (nSPS) is 11.7. The molecule has 0 aliphatic carbocycles. The Balaban J connectivity index is 2.82. The van der Waals surface area contributed by atoms with E-state index in [0.717, 1.165) is 11.1 Å². The smallest absolute Gasteiger partial charge is 0.0871 e. The minimum absolute atomic E-state index is 0.259. The number of benzene rings is 1. The highest BCUT2D eigenvalue weighted by atomic mass is 16.5. The Morgan fingerprint density at radius 2 is 1.86 bits per heavy atom. The van der Waals surface area contributed by atoms with E-state index in [0.29, 0.717) is 6.54 Å². The third kappa shape index (κ3) is 2.54. The van der Waals surface area contributed by atoms with Gasteiger partial charge in [0.2, 0.25) is 0 Å². The van der Waals surface area contributed by atoms with Crippen molar-refractivity contribution in [1.29, 1.82) is 0 Å². The molecule has 3 nitrogen and oxygen atoms in total. The summed E-state index contributed by atoms with van der Waals surface area (Å²) in [4.78, 5) is 0. The van der Waals surface area contributed by atoms with Gasteiger partial charge in [-0.05, 0) is 25.0 Å². The molecule has 0 aromatic heterocycles. The second kappa shape index (κ2) is 4.55. The van der Waals surface area contributed by atoms with Crippen LogP contribution in [0, 0.1) is 0 Å². The van der Waals surface area contributed by atoms with Crippen molar-refractivity contribution in [3.05, 3.63) is 35.4 Å². The number of ether oxygens (including phenoxy) is 1.